The number of allylic oxidation sites excluding steroid dienone is 1. The van der Waals surface area contributed by atoms with Crippen LogP contribution in [-0.2, 0) is 14.7 Å². The monoisotopic (exact) mass is 418 g/mol. The molecule has 27 heavy (non-hydrogen) atoms. The molecule has 0 aliphatic heterocycles. The van der Waals surface area contributed by atoms with E-state index < -0.39 is 33.9 Å². The zero-order valence-corrected chi connectivity index (χ0v) is 16.0. The first-order valence-electron chi connectivity index (χ1n) is 7.99. The van der Waals surface area contributed by atoms with Gasteiger partial charge < -0.3 is 4.84 Å². The number of sulfone groups is 1. The summed E-state index contributed by atoms with van der Waals surface area (Å²) in [6.45, 7) is 2.31. The van der Waals surface area contributed by atoms with Gasteiger partial charge in [0.1, 0.15) is 12.3 Å². The van der Waals surface area contributed by atoms with Crippen LogP contribution in [0.3, 0.4) is 0 Å². The zero-order valence-electron chi connectivity index (χ0n) is 14.4. The van der Waals surface area contributed by atoms with Crippen molar-refractivity contribution in [1.82, 2.24) is 4.98 Å². The molecule has 2 aromatic rings. The lowest BCUT2D eigenvalue weighted by Gasteiger charge is -2.04. The van der Waals surface area contributed by atoms with Crippen molar-refractivity contribution in [3.8, 4) is 0 Å². The average Bonchev–Trinajstić information content (AvgIpc) is 3.15. The third kappa shape index (κ3) is 5.90. The van der Waals surface area contributed by atoms with Crippen LogP contribution >= 0.6 is 11.3 Å². The van der Waals surface area contributed by atoms with Gasteiger partial charge in [-0.05, 0) is 6.42 Å². The molecule has 0 fully saturated rings. The second-order valence-corrected chi connectivity index (χ2v) is 8.68. The lowest BCUT2D eigenvalue weighted by Crippen LogP contribution is -2.06. The molecule has 0 bridgehead atoms. The first kappa shape index (κ1) is 21.1. The second-order valence-electron chi connectivity index (χ2n) is 5.36. The fourth-order valence-electron chi connectivity index (χ4n) is 1.95. The van der Waals surface area contributed by atoms with Crippen molar-refractivity contribution < 1.29 is 26.4 Å². The summed E-state index contributed by atoms with van der Waals surface area (Å²) in [5.41, 5.74) is 1.11. The molecule has 2 rings (SSSR count). The maximum Gasteiger partial charge on any atom is 0.301 e. The molecule has 5 nitrogen and oxygen atoms in total. The molecule has 0 unspecified atom stereocenters. The Labute approximate surface area is 159 Å². The SMILES string of the molecule is CCCO/N=C(\c1ccccc1)c1cnc(S(=O)(=O)CCC(F)=C(F)F)s1. The van der Waals surface area contributed by atoms with Crippen LogP contribution in [0.4, 0.5) is 13.2 Å². The molecule has 0 radical (unpaired) electrons. The average molecular weight is 418 g/mol. The zero-order chi connectivity index (χ0) is 19.9. The first-order chi connectivity index (χ1) is 12.8. The minimum atomic E-state index is -4.00. The summed E-state index contributed by atoms with van der Waals surface area (Å²) in [7, 11) is -4.00. The van der Waals surface area contributed by atoms with E-state index in [1.165, 1.54) is 6.20 Å². The van der Waals surface area contributed by atoms with Crippen LogP contribution < -0.4 is 0 Å². The lowest BCUT2D eigenvalue weighted by atomic mass is 10.1. The lowest BCUT2D eigenvalue weighted by molar-refractivity contribution is 0.145. The van der Waals surface area contributed by atoms with Crippen molar-refractivity contribution >= 4 is 26.9 Å². The summed E-state index contributed by atoms with van der Waals surface area (Å²) in [4.78, 5) is 9.52. The van der Waals surface area contributed by atoms with Gasteiger partial charge in [0.05, 0.1) is 10.6 Å². The highest BCUT2D eigenvalue weighted by molar-refractivity contribution is 7.93. The summed E-state index contributed by atoms with van der Waals surface area (Å²) in [5.74, 6) is -2.54. The molecule has 0 spiro atoms. The van der Waals surface area contributed by atoms with Crippen LogP contribution in [0.2, 0.25) is 0 Å². The van der Waals surface area contributed by atoms with Crippen LogP contribution in [0.5, 0.6) is 0 Å². The highest BCUT2D eigenvalue weighted by Gasteiger charge is 2.23. The molecular weight excluding hydrogens is 401 g/mol. The Bertz CT molecular complexity index is 922. The van der Waals surface area contributed by atoms with E-state index in [2.05, 4.69) is 10.1 Å². The normalized spacial score (nSPS) is 12.1. The second kappa shape index (κ2) is 9.65. The van der Waals surface area contributed by atoms with Gasteiger partial charge in [-0.1, -0.05) is 42.4 Å². The highest BCUT2D eigenvalue weighted by atomic mass is 32.2. The standard InChI is InChI=1S/C17H17F3N2O3S2/c1-2-9-25-22-15(12-6-4-3-5-7-12)14-11-21-17(26-14)27(23,24)10-8-13(18)16(19)20/h3-7,11H,2,8-10H2,1H3/b22-15+. The molecule has 0 atom stereocenters. The Kier molecular flexibility index (Phi) is 7.55. The van der Waals surface area contributed by atoms with E-state index in [1.54, 1.807) is 24.3 Å². The molecule has 1 heterocycles. The Morgan fingerprint density at radius 3 is 2.56 bits per heavy atom. The third-order valence-corrected chi connectivity index (χ3v) is 6.47. The molecule has 146 valence electrons. The maximum absolute atomic E-state index is 12.9. The number of hydrogen-bond acceptors (Lipinski definition) is 6. The van der Waals surface area contributed by atoms with Gasteiger partial charge in [-0.3, -0.25) is 0 Å². The number of halogens is 3. The number of rotatable bonds is 9. The van der Waals surface area contributed by atoms with Gasteiger partial charge in [-0.2, -0.15) is 8.78 Å². The van der Waals surface area contributed by atoms with Crippen LogP contribution in [0.15, 0.2) is 57.9 Å². The van der Waals surface area contributed by atoms with E-state index in [0.29, 0.717) is 22.8 Å². The molecule has 0 saturated heterocycles. The first-order valence-corrected chi connectivity index (χ1v) is 10.5. The molecule has 0 aliphatic carbocycles. The Morgan fingerprint density at radius 2 is 1.93 bits per heavy atom. The van der Waals surface area contributed by atoms with E-state index in [1.807, 2.05) is 13.0 Å². The summed E-state index contributed by atoms with van der Waals surface area (Å²) >= 11 is 0.825. The highest BCUT2D eigenvalue weighted by Crippen LogP contribution is 2.25. The molecule has 1 aromatic heterocycles. The summed E-state index contributed by atoms with van der Waals surface area (Å²) in [6.07, 6.45) is -1.35. The van der Waals surface area contributed by atoms with E-state index in [-0.39, 0.29) is 4.34 Å². The minimum absolute atomic E-state index is 0.288. The van der Waals surface area contributed by atoms with E-state index in [9.17, 15) is 21.6 Å². The van der Waals surface area contributed by atoms with Crippen molar-refractivity contribution in [2.75, 3.05) is 12.4 Å². The van der Waals surface area contributed by atoms with Crippen molar-refractivity contribution in [1.29, 1.82) is 0 Å². The summed E-state index contributed by atoms with van der Waals surface area (Å²) in [6, 6.07) is 8.98. The van der Waals surface area contributed by atoms with Gasteiger partial charge in [0.2, 0.25) is 14.2 Å². The van der Waals surface area contributed by atoms with Gasteiger partial charge in [-0.15, -0.1) is 11.3 Å². The van der Waals surface area contributed by atoms with Gasteiger partial charge >= 0.3 is 6.08 Å². The molecule has 1 aromatic carbocycles. The Balaban J connectivity index is 2.29. The molecule has 10 heteroatoms. The maximum atomic E-state index is 12.9. The van der Waals surface area contributed by atoms with Gasteiger partial charge in [0.25, 0.3) is 0 Å². The fourth-order valence-corrected chi connectivity index (χ4v) is 4.47. The number of aromatic nitrogens is 1. The Hall–Kier alpha value is -2.20. The molecule has 0 N–H and O–H groups in total. The van der Waals surface area contributed by atoms with E-state index >= 15 is 0 Å². The predicted octanol–water partition coefficient (Wildman–Crippen LogP) is 4.56. The van der Waals surface area contributed by atoms with Gasteiger partial charge in [0, 0.05) is 18.2 Å². The molecular formula is C17H17F3N2O3S2. The van der Waals surface area contributed by atoms with Crippen LogP contribution in [0.25, 0.3) is 0 Å². The molecule has 0 aliphatic rings. The van der Waals surface area contributed by atoms with E-state index in [4.69, 9.17) is 4.84 Å². The van der Waals surface area contributed by atoms with Crippen LogP contribution in [0, 0.1) is 0 Å². The summed E-state index contributed by atoms with van der Waals surface area (Å²) in [5, 5.41) is 4.07. The number of nitrogens with zero attached hydrogens (tertiary/aromatic N) is 2. The number of thiazole rings is 1. The molecule has 0 amide bonds. The topological polar surface area (TPSA) is 68.6 Å². The van der Waals surface area contributed by atoms with Crippen LogP contribution in [0.1, 0.15) is 30.2 Å². The van der Waals surface area contributed by atoms with Gasteiger partial charge in [0.15, 0.2) is 5.83 Å². The minimum Gasteiger partial charge on any atom is -0.395 e. The van der Waals surface area contributed by atoms with Gasteiger partial charge in [-0.25, -0.2) is 17.8 Å². The number of benzene rings is 1. The van der Waals surface area contributed by atoms with Crippen molar-refractivity contribution in [2.45, 2.75) is 24.1 Å². The van der Waals surface area contributed by atoms with Crippen molar-refractivity contribution in [3.05, 3.63) is 58.9 Å². The van der Waals surface area contributed by atoms with E-state index in [0.717, 1.165) is 17.8 Å². The van der Waals surface area contributed by atoms with Crippen LogP contribution in [-0.4, -0.2) is 31.5 Å². The predicted molar refractivity (Wildman–Crippen MR) is 97.5 cm³/mol. The third-order valence-electron chi connectivity index (χ3n) is 3.28. The Morgan fingerprint density at radius 1 is 1.22 bits per heavy atom. The summed E-state index contributed by atoms with van der Waals surface area (Å²) < 4.78 is 61.3. The van der Waals surface area contributed by atoms with Crippen molar-refractivity contribution in [3.63, 3.8) is 0 Å². The van der Waals surface area contributed by atoms with Crippen molar-refractivity contribution in [2.24, 2.45) is 5.16 Å². The number of hydrogen-bond donors (Lipinski definition) is 0. The number of oxime groups is 1. The quantitative estimate of drug-likeness (QED) is 0.340. The molecule has 0 saturated carbocycles. The largest absolute Gasteiger partial charge is 0.395 e. The fraction of sp³-hybridized carbons (Fsp3) is 0.294. The smallest absolute Gasteiger partial charge is 0.301 e.